The van der Waals surface area contributed by atoms with E-state index in [0.29, 0.717) is 18.2 Å². The summed E-state index contributed by atoms with van der Waals surface area (Å²) in [5.41, 5.74) is 6.97. The Morgan fingerprint density at radius 3 is 3.00 bits per heavy atom. The summed E-state index contributed by atoms with van der Waals surface area (Å²) in [5, 5.41) is 4.21. The van der Waals surface area contributed by atoms with Gasteiger partial charge in [-0.2, -0.15) is 5.10 Å². The highest BCUT2D eigenvalue weighted by atomic mass is 16.2. The van der Waals surface area contributed by atoms with Crippen LogP contribution in [0.3, 0.4) is 0 Å². The van der Waals surface area contributed by atoms with Gasteiger partial charge in [-0.3, -0.25) is 9.78 Å². The molecular formula is C14H19N5O. The maximum atomic E-state index is 12.8. The van der Waals surface area contributed by atoms with E-state index in [2.05, 4.69) is 10.1 Å². The van der Waals surface area contributed by atoms with Crippen molar-refractivity contribution in [1.29, 1.82) is 0 Å². The van der Waals surface area contributed by atoms with Crippen molar-refractivity contribution in [3.63, 3.8) is 0 Å². The smallest absolute Gasteiger partial charge is 0.257 e. The molecule has 6 nitrogen and oxygen atoms in total. The summed E-state index contributed by atoms with van der Waals surface area (Å²) in [6, 6.07) is 0.362. The molecule has 0 spiro atoms. The highest BCUT2D eigenvalue weighted by molar-refractivity contribution is 6.00. The lowest BCUT2D eigenvalue weighted by Crippen LogP contribution is -2.45. The summed E-state index contributed by atoms with van der Waals surface area (Å²) in [4.78, 5) is 18.8. The van der Waals surface area contributed by atoms with Gasteiger partial charge < -0.3 is 10.6 Å². The third-order valence-corrected chi connectivity index (χ3v) is 3.93. The number of nitrogens with two attached hydrogens (primary N) is 1. The van der Waals surface area contributed by atoms with Crippen LogP contribution in [0.2, 0.25) is 0 Å². The molecule has 0 aromatic carbocycles. The van der Waals surface area contributed by atoms with Gasteiger partial charge in [0.2, 0.25) is 0 Å². The molecule has 106 valence electrons. The van der Waals surface area contributed by atoms with E-state index >= 15 is 0 Å². The number of rotatable bonds is 5. The summed E-state index contributed by atoms with van der Waals surface area (Å²) in [6.07, 6.45) is 10.9. The first-order valence-corrected chi connectivity index (χ1v) is 7.09. The standard InChI is InChI=1S/C14H19N5O/c15-5-2-7-18(11-3-1-4-11)14(20)12-9-17-19-8-6-16-10-13(12)19/h6,8-11H,1-5,7,15H2. The molecule has 0 unspecified atom stereocenters. The number of hydrogen-bond acceptors (Lipinski definition) is 4. The lowest BCUT2D eigenvalue weighted by atomic mass is 9.91. The van der Waals surface area contributed by atoms with Crippen LogP contribution in [-0.4, -0.2) is 44.5 Å². The number of carbonyl (C=O) groups excluding carboxylic acids is 1. The lowest BCUT2D eigenvalue weighted by Gasteiger charge is -2.37. The maximum Gasteiger partial charge on any atom is 0.257 e. The second-order valence-corrected chi connectivity index (χ2v) is 5.19. The first-order valence-electron chi connectivity index (χ1n) is 7.09. The molecular weight excluding hydrogens is 254 g/mol. The average molecular weight is 273 g/mol. The first-order chi connectivity index (χ1) is 9.81. The largest absolute Gasteiger partial charge is 0.336 e. The van der Waals surface area contributed by atoms with Crippen LogP contribution >= 0.6 is 0 Å². The normalized spacial score (nSPS) is 15.2. The average Bonchev–Trinajstić information content (AvgIpc) is 2.84. The minimum Gasteiger partial charge on any atom is -0.336 e. The number of fused-ring (bicyclic) bond motifs is 1. The minimum absolute atomic E-state index is 0.0474. The number of aromatic nitrogens is 3. The Morgan fingerprint density at radius 2 is 2.30 bits per heavy atom. The molecule has 0 saturated heterocycles. The first kappa shape index (κ1) is 13.1. The predicted molar refractivity (Wildman–Crippen MR) is 75.3 cm³/mol. The van der Waals surface area contributed by atoms with Gasteiger partial charge in [0.05, 0.1) is 23.5 Å². The van der Waals surface area contributed by atoms with Crippen LogP contribution < -0.4 is 5.73 Å². The second-order valence-electron chi connectivity index (χ2n) is 5.19. The molecule has 6 heteroatoms. The van der Waals surface area contributed by atoms with Crippen molar-refractivity contribution >= 4 is 11.4 Å². The van der Waals surface area contributed by atoms with Gasteiger partial charge in [0, 0.05) is 25.0 Å². The van der Waals surface area contributed by atoms with Gasteiger partial charge in [0.25, 0.3) is 5.91 Å². The van der Waals surface area contributed by atoms with Crippen molar-refractivity contribution in [1.82, 2.24) is 19.5 Å². The zero-order valence-electron chi connectivity index (χ0n) is 11.4. The van der Waals surface area contributed by atoms with Crippen LogP contribution in [0.4, 0.5) is 0 Å². The van der Waals surface area contributed by atoms with Gasteiger partial charge in [-0.25, -0.2) is 4.52 Å². The monoisotopic (exact) mass is 273 g/mol. The SMILES string of the molecule is NCCCN(C(=O)c1cnn2ccncc12)C1CCC1. The number of amides is 1. The molecule has 20 heavy (non-hydrogen) atoms. The molecule has 0 radical (unpaired) electrons. The molecule has 1 saturated carbocycles. The van der Waals surface area contributed by atoms with E-state index in [0.717, 1.165) is 31.3 Å². The van der Waals surface area contributed by atoms with Crippen LogP contribution in [0.5, 0.6) is 0 Å². The molecule has 3 rings (SSSR count). The molecule has 1 aliphatic rings. The van der Waals surface area contributed by atoms with E-state index in [-0.39, 0.29) is 5.91 Å². The molecule has 1 amide bonds. The number of hydrogen-bond donors (Lipinski definition) is 1. The highest BCUT2D eigenvalue weighted by Gasteiger charge is 2.30. The van der Waals surface area contributed by atoms with Crippen molar-refractivity contribution in [2.24, 2.45) is 5.73 Å². The molecule has 2 heterocycles. The van der Waals surface area contributed by atoms with Crippen LogP contribution in [0.25, 0.3) is 5.52 Å². The summed E-state index contributed by atoms with van der Waals surface area (Å²) >= 11 is 0. The molecule has 0 bridgehead atoms. The number of nitrogens with zero attached hydrogens (tertiary/aromatic N) is 4. The molecule has 0 atom stereocenters. The third kappa shape index (κ3) is 2.27. The Labute approximate surface area is 117 Å². The maximum absolute atomic E-state index is 12.8. The Hall–Kier alpha value is -1.95. The Balaban J connectivity index is 1.88. The summed E-state index contributed by atoms with van der Waals surface area (Å²) in [5.74, 6) is 0.0474. The van der Waals surface area contributed by atoms with Gasteiger partial charge in [-0.15, -0.1) is 0 Å². The molecule has 1 aliphatic carbocycles. The molecule has 0 aliphatic heterocycles. The molecule has 2 N–H and O–H groups in total. The summed E-state index contributed by atoms with van der Waals surface area (Å²) in [7, 11) is 0. The van der Waals surface area contributed by atoms with Gasteiger partial charge in [-0.05, 0) is 32.2 Å². The minimum atomic E-state index is 0.0474. The van der Waals surface area contributed by atoms with Crippen molar-refractivity contribution in [2.45, 2.75) is 31.7 Å². The van der Waals surface area contributed by atoms with Gasteiger partial charge in [-0.1, -0.05) is 0 Å². The van der Waals surface area contributed by atoms with Crippen molar-refractivity contribution < 1.29 is 4.79 Å². The van der Waals surface area contributed by atoms with Crippen LogP contribution in [0.15, 0.2) is 24.8 Å². The molecule has 1 fully saturated rings. The Kier molecular flexibility index (Phi) is 3.64. The van der Waals surface area contributed by atoms with Gasteiger partial charge in [0.15, 0.2) is 0 Å². The fourth-order valence-corrected chi connectivity index (χ4v) is 2.56. The van der Waals surface area contributed by atoms with Gasteiger partial charge in [0.1, 0.15) is 0 Å². The third-order valence-electron chi connectivity index (χ3n) is 3.93. The van der Waals surface area contributed by atoms with E-state index in [1.165, 1.54) is 6.42 Å². The van der Waals surface area contributed by atoms with Crippen LogP contribution in [0, 0.1) is 0 Å². The van der Waals surface area contributed by atoms with Crippen LogP contribution in [-0.2, 0) is 0 Å². The number of carbonyl (C=O) groups is 1. The van der Waals surface area contributed by atoms with E-state index in [4.69, 9.17) is 5.73 Å². The van der Waals surface area contributed by atoms with Crippen molar-refractivity contribution in [2.75, 3.05) is 13.1 Å². The second kappa shape index (κ2) is 5.58. The Morgan fingerprint density at radius 1 is 1.45 bits per heavy atom. The van der Waals surface area contributed by atoms with E-state index in [1.54, 1.807) is 29.3 Å². The summed E-state index contributed by atoms with van der Waals surface area (Å²) in [6.45, 7) is 1.32. The van der Waals surface area contributed by atoms with Gasteiger partial charge >= 0.3 is 0 Å². The zero-order valence-corrected chi connectivity index (χ0v) is 11.4. The lowest BCUT2D eigenvalue weighted by molar-refractivity contribution is 0.0580. The van der Waals surface area contributed by atoms with E-state index in [9.17, 15) is 4.79 Å². The fourth-order valence-electron chi connectivity index (χ4n) is 2.56. The van der Waals surface area contributed by atoms with Crippen molar-refractivity contribution in [3.05, 3.63) is 30.4 Å². The molecule has 2 aromatic rings. The summed E-state index contributed by atoms with van der Waals surface area (Å²) < 4.78 is 1.68. The molecule has 2 aromatic heterocycles. The predicted octanol–water partition coefficient (Wildman–Crippen LogP) is 1.07. The Bertz CT molecular complexity index is 604. The van der Waals surface area contributed by atoms with E-state index < -0.39 is 0 Å². The van der Waals surface area contributed by atoms with Crippen molar-refractivity contribution in [3.8, 4) is 0 Å². The fraction of sp³-hybridized carbons (Fsp3) is 0.500. The zero-order chi connectivity index (χ0) is 13.9. The van der Waals surface area contributed by atoms with E-state index in [1.807, 2.05) is 4.90 Å². The highest BCUT2D eigenvalue weighted by Crippen LogP contribution is 2.27. The quantitative estimate of drug-likeness (QED) is 0.884. The topological polar surface area (TPSA) is 76.5 Å². The van der Waals surface area contributed by atoms with Crippen LogP contribution in [0.1, 0.15) is 36.0 Å².